The van der Waals surface area contributed by atoms with Gasteiger partial charge in [0.05, 0.1) is 5.56 Å². The molecule has 174 valence electrons. The molecule has 1 unspecified atom stereocenters. The quantitative estimate of drug-likeness (QED) is 0.609. The van der Waals surface area contributed by atoms with E-state index in [1.54, 1.807) is 49.3 Å². The Morgan fingerprint density at radius 3 is 2.39 bits per heavy atom. The van der Waals surface area contributed by atoms with Gasteiger partial charge in [-0.1, -0.05) is 50.0 Å². The van der Waals surface area contributed by atoms with Gasteiger partial charge in [0.25, 0.3) is 0 Å². The van der Waals surface area contributed by atoms with E-state index in [9.17, 15) is 14.7 Å². The number of aromatic carboxylic acids is 1. The summed E-state index contributed by atoms with van der Waals surface area (Å²) in [4.78, 5) is 27.9. The molecule has 0 spiro atoms. The molecular weight excluding hydrogens is 419 g/mol. The van der Waals surface area contributed by atoms with E-state index in [1.165, 1.54) is 23.8 Å². The normalized spacial score (nSPS) is 18.8. The van der Waals surface area contributed by atoms with Crippen LogP contribution in [-0.4, -0.2) is 42.5 Å². The van der Waals surface area contributed by atoms with Crippen molar-refractivity contribution >= 4 is 23.3 Å². The highest BCUT2D eigenvalue weighted by atomic mass is 19.1. The summed E-state index contributed by atoms with van der Waals surface area (Å²) in [6, 6.07) is 11.7. The van der Waals surface area contributed by atoms with Crippen molar-refractivity contribution in [2.75, 3.05) is 25.5 Å². The maximum atomic E-state index is 15.0. The predicted molar refractivity (Wildman–Crippen MR) is 128 cm³/mol. The second-order valence-corrected chi connectivity index (χ2v) is 9.26. The smallest absolute Gasteiger partial charge is 0.335 e. The molecule has 1 saturated carbocycles. The van der Waals surface area contributed by atoms with Crippen molar-refractivity contribution in [3.63, 3.8) is 0 Å². The number of carboxylic acids is 1. The van der Waals surface area contributed by atoms with Crippen molar-refractivity contribution in [3.8, 4) is 0 Å². The Balaban J connectivity index is 1.90. The van der Waals surface area contributed by atoms with Gasteiger partial charge >= 0.3 is 5.97 Å². The standard InChI is InChI=1S/C27H31FN2O3/c1-29(2)26(31)17-30-24-15-19(27(32)33)13-14-20(24)22(18-9-5-3-4-6-10-18)16-25(30)21-11-7-8-12-23(21)28/h7-8,11-16,18,22H,3-6,9-10,17H2,1-2H3,(H,32,33). The lowest BCUT2D eigenvalue weighted by Crippen LogP contribution is -2.38. The van der Waals surface area contributed by atoms with Gasteiger partial charge < -0.3 is 14.9 Å². The minimum Gasteiger partial charge on any atom is -0.478 e. The van der Waals surface area contributed by atoms with E-state index in [2.05, 4.69) is 6.08 Å². The first-order chi connectivity index (χ1) is 15.9. The van der Waals surface area contributed by atoms with Crippen LogP contribution < -0.4 is 4.90 Å². The number of hydrogen-bond acceptors (Lipinski definition) is 3. The fourth-order valence-electron chi connectivity index (χ4n) is 5.08. The van der Waals surface area contributed by atoms with Crippen LogP contribution in [0.3, 0.4) is 0 Å². The number of anilines is 1. The SMILES string of the molecule is CN(C)C(=O)CN1C(c2ccccc2F)=CC(C2CCCCCC2)c2ccc(C(=O)O)cc21. The Kier molecular flexibility index (Phi) is 6.82. The van der Waals surface area contributed by atoms with Gasteiger partial charge in [-0.05, 0) is 48.6 Å². The first kappa shape index (κ1) is 23.0. The zero-order chi connectivity index (χ0) is 23.5. The number of nitrogens with zero attached hydrogens (tertiary/aromatic N) is 2. The van der Waals surface area contributed by atoms with Crippen LogP contribution in [0.25, 0.3) is 5.70 Å². The molecule has 0 radical (unpaired) electrons. The van der Waals surface area contributed by atoms with Gasteiger partial charge in [-0.2, -0.15) is 0 Å². The van der Waals surface area contributed by atoms with Gasteiger partial charge in [0.1, 0.15) is 12.4 Å². The van der Waals surface area contributed by atoms with Crippen LogP contribution >= 0.6 is 0 Å². The molecule has 1 amide bonds. The van der Waals surface area contributed by atoms with Crippen molar-refractivity contribution in [2.24, 2.45) is 5.92 Å². The number of halogens is 1. The lowest BCUT2D eigenvalue weighted by molar-refractivity contribution is -0.127. The number of carboxylic acid groups (broad SMARTS) is 1. The molecule has 1 heterocycles. The Hall–Kier alpha value is -3.15. The predicted octanol–water partition coefficient (Wildman–Crippen LogP) is 5.53. The summed E-state index contributed by atoms with van der Waals surface area (Å²) < 4.78 is 15.0. The van der Waals surface area contributed by atoms with E-state index in [4.69, 9.17) is 0 Å². The summed E-state index contributed by atoms with van der Waals surface area (Å²) in [5.41, 5.74) is 2.91. The molecule has 1 aliphatic carbocycles. The van der Waals surface area contributed by atoms with Gasteiger partial charge in [0.2, 0.25) is 5.91 Å². The number of allylic oxidation sites excluding steroid dienone is 1. The van der Waals surface area contributed by atoms with Crippen LogP contribution in [0.2, 0.25) is 0 Å². The minimum atomic E-state index is -1.02. The molecule has 4 rings (SSSR count). The Morgan fingerprint density at radius 2 is 1.76 bits per heavy atom. The molecule has 1 fully saturated rings. The van der Waals surface area contributed by atoms with E-state index >= 15 is 4.39 Å². The zero-order valence-electron chi connectivity index (χ0n) is 19.3. The fourth-order valence-corrected chi connectivity index (χ4v) is 5.08. The van der Waals surface area contributed by atoms with E-state index in [0.717, 1.165) is 31.2 Å². The molecule has 1 atom stereocenters. The van der Waals surface area contributed by atoms with Crippen LogP contribution in [-0.2, 0) is 4.79 Å². The number of rotatable bonds is 5. The molecule has 2 aliphatic rings. The zero-order valence-corrected chi connectivity index (χ0v) is 19.3. The monoisotopic (exact) mass is 450 g/mol. The van der Waals surface area contributed by atoms with E-state index < -0.39 is 5.97 Å². The van der Waals surface area contributed by atoms with E-state index in [0.29, 0.717) is 22.9 Å². The summed E-state index contributed by atoms with van der Waals surface area (Å²) in [5, 5.41) is 9.65. The second-order valence-electron chi connectivity index (χ2n) is 9.26. The highest BCUT2D eigenvalue weighted by molar-refractivity contribution is 5.95. The second kappa shape index (κ2) is 9.77. The molecule has 5 nitrogen and oxygen atoms in total. The highest BCUT2D eigenvalue weighted by Crippen LogP contribution is 2.47. The number of benzene rings is 2. The maximum absolute atomic E-state index is 15.0. The average molecular weight is 451 g/mol. The Labute approximate surface area is 194 Å². The molecule has 1 N–H and O–H groups in total. The number of carbonyl (C=O) groups excluding carboxylic acids is 1. The molecule has 33 heavy (non-hydrogen) atoms. The first-order valence-electron chi connectivity index (χ1n) is 11.7. The molecule has 6 heteroatoms. The van der Waals surface area contributed by atoms with Gasteiger partial charge in [0, 0.05) is 37.0 Å². The number of amides is 1. The molecule has 0 aromatic heterocycles. The third kappa shape index (κ3) is 4.80. The molecule has 1 aliphatic heterocycles. The molecule has 2 aromatic rings. The van der Waals surface area contributed by atoms with Crippen molar-refractivity contribution < 1.29 is 19.1 Å². The molecule has 0 bridgehead atoms. The maximum Gasteiger partial charge on any atom is 0.335 e. The Bertz CT molecular complexity index is 1070. The van der Waals surface area contributed by atoms with Gasteiger partial charge in [-0.3, -0.25) is 4.79 Å². The van der Waals surface area contributed by atoms with Crippen molar-refractivity contribution in [3.05, 3.63) is 71.0 Å². The topological polar surface area (TPSA) is 60.9 Å². The van der Waals surface area contributed by atoms with E-state index in [-0.39, 0.29) is 29.8 Å². The van der Waals surface area contributed by atoms with Crippen molar-refractivity contribution in [1.82, 2.24) is 4.90 Å². The lowest BCUT2D eigenvalue weighted by Gasteiger charge is -2.39. The van der Waals surface area contributed by atoms with Crippen LogP contribution in [0, 0.1) is 11.7 Å². The van der Waals surface area contributed by atoms with E-state index in [1.807, 2.05) is 6.07 Å². The summed E-state index contributed by atoms with van der Waals surface area (Å²) in [7, 11) is 3.36. The summed E-state index contributed by atoms with van der Waals surface area (Å²) in [6.07, 6.45) is 9.05. The highest BCUT2D eigenvalue weighted by Gasteiger charge is 2.34. The van der Waals surface area contributed by atoms with Crippen molar-refractivity contribution in [2.45, 2.75) is 44.4 Å². The molecule has 0 saturated heterocycles. The van der Waals surface area contributed by atoms with Crippen molar-refractivity contribution in [1.29, 1.82) is 0 Å². The number of likely N-dealkylation sites (N-methyl/N-ethyl adjacent to an activating group) is 1. The fraction of sp³-hybridized carbons (Fsp3) is 0.407. The number of hydrogen-bond donors (Lipinski definition) is 1. The van der Waals surface area contributed by atoms with Crippen LogP contribution in [0.5, 0.6) is 0 Å². The average Bonchev–Trinajstić information content (AvgIpc) is 3.08. The van der Waals surface area contributed by atoms with Gasteiger partial charge in [0.15, 0.2) is 0 Å². The number of fused-ring (bicyclic) bond motifs is 1. The molecule has 2 aromatic carbocycles. The third-order valence-corrected chi connectivity index (χ3v) is 6.91. The number of carbonyl (C=O) groups is 2. The first-order valence-corrected chi connectivity index (χ1v) is 11.7. The summed E-state index contributed by atoms with van der Waals surface area (Å²) in [6.45, 7) is 0.000622. The lowest BCUT2D eigenvalue weighted by atomic mass is 9.77. The summed E-state index contributed by atoms with van der Waals surface area (Å²) >= 11 is 0. The van der Waals surface area contributed by atoms with Gasteiger partial charge in [-0.15, -0.1) is 0 Å². The third-order valence-electron chi connectivity index (χ3n) is 6.91. The van der Waals surface area contributed by atoms with Crippen LogP contribution in [0.1, 0.15) is 65.9 Å². The Morgan fingerprint density at radius 1 is 1.06 bits per heavy atom. The summed E-state index contributed by atoms with van der Waals surface area (Å²) in [5.74, 6) is -1.08. The minimum absolute atomic E-state index is 0.000622. The van der Waals surface area contributed by atoms with Gasteiger partial charge in [-0.25, -0.2) is 9.18 Å². The largest absolute Gasteiger partial charge is 0.478 e. The van der Waals surface area contributed by atoms with Crippen LogP contribution in [0.4, 0.5) is 10.1 Å². The van der Waals surface area contributed by atoms with Crippen LogP contribution in [0.15, 0.2) is 48.5 Å². The molecular formula is C27H31FN2O3.